The highest BCUT2D eigenvalue weighted by Gasteiger charge is 2.21. The number of hydrogen-bond acceptors (Lipinski definition) is 6. The molecule has 0 unspecified atom stereocenters. The van der Waals surface area contributed by atoms with Crippen LogP contribution < -0.4 is 20.9 Å². The lowest BCUT2D eigenvalue weighted by atomic mass is 10.2. The zero-order valence-corrected chi connectivity index (χ0v) is 12.2. The molecule has 110 valence electrons. The van der Waals surface area contributed by atoms with E-state index in [9.17, 15) is 0 Å². The first-order chi connectivity index (χ1) is 10.3. The fraction of sp³-hybridized carbons (Fsp3) is 0.333. The number of anilines is 4. The van der Waals surface area contributed by atoms with Gasteiger partial charge in [0.15, 0.2) is 11.6 Å². The largest absolute Gasteiger partial charge is 0.393 e. The van der Waals surface area contributed by atoms with Gasteiger partial charge in [0.05, 0.1) is 0 Å². The van der Waals surface area contributed by atoms with E-state index in [1.165, 1.54) is 5.69 Å². The number of nitrogens with two attached hydrogens (primary N) is 1. The normalized spacial score (nSPS) is 15.1. The zero-order valence-electron chi connectivity index (χ0n) is 12.2. The Hall–Kier alpha value is -2.50. The molecule has 1 aromatic heterocycles. The molecule has 3 N–H and O–H groups in total. The molecule has 0 bridgehead atoms. The third kappa shape index (κ3) is 2.69. The van der Waals surface area contributed by atoms with Crippen LogP contribution in [-0.4, -0.2) is 43.2 Å². The van der Waals surface area contributed by atoms with Gasteiger partial charge >= 0.3 is 0 Å². The second kappa shape index (κ2) is 5.87. The molecule has 1 fully saturated rings. The van der Waals surface area contributed by atoms with Gasteiger partial charge < -0.3 is 20.9 Å². The average Bonchev–Trinajstić information content (AvgIpc) is 2.56. The summed E-state index contributed by atoms with van der Waals surface area (Å²) in [4.78, 5) is 13.1. The van der Waals surface area contributed by atoms with Gasteiger partial charge in [-0.05, 0) is 12.1 Å². The van der Waals surface area contributed by atoms with Gasteiger partial charge in [-0.15, -0.1) is 0 Å². The second-order valence-corrected chi connectivity index (χ2v) is 5.02. The molecule has 0 radical (unpaired) electrons. The molecule has 1 aliphatic rings. The van der Waals surface area contributed by atoms with Gasteiger partial charge in [0.2, 0.25) is 0 Å². The van der Waals surface area contributed by atoms with Crippen molar-refractivity contribution in [2.45, 2.75) is 0 Å². The van der Waals surface area contributed by atoms with E-state index in [-0.39, 0.29) is 0 Å². The molecule has 2 aromatic rings. The Morgan fingerprint density at radius 2 is 1.67 bits per heavy atom. The highest BCUT2D eigenvalue weighted by molar-refractivity contribution is 5.75. The first-order valence-electron chi connectivity index (χ1n) is 7.13. The zero-order chi connectivity index (χ0) is 14.7. The minimum absolute atomic E-state index is 0.619. The predicted molar refractivity (Wildman–Crippen MR) is 86.9 cm³/mol. The van der Waals surface area contributed by atoms with Crippen LogP contribution >= 0.6 is 0 Å². The van der Waals surface area contributed by atoms with Gasteiger partial charge in [-0.2, -0.15) is 0 Å². The fourth-order valence-electron chi connectivity index (χ4n) is 2.65. The standard InChI is InChI=1S/C15H20N6/c1-17-14-13(16)15(19-11-18-14)21-9-7-20(8-10-21)12-5-3-2-4-6-12/h2-6,11H,7-10,16H2,1H3,(H,17,18,19). The molecule has 6 heteroatoms. The summed E-state index contributed by atoms with van der Waals surface area (Å²) in [5, 5.41) is 3.00. The van der Waals surface area contributed by atoms with Gasteiger partial charge in [-0.1, -0.05) is 18.2 Å². The molecule has 0 aliphatic carbocycles. The summed E-state index contributed by atoms with van der Waals surface area (Å²) in [6.07, 6.45) is 1.56. The quantitative estimate of drug-likeness (QED) is 0.888. The molecule has 0 spiro atoms. The Labute approximate surface area is 124 Å². The third-order valence-corrected chi connectivity index (χ3v) is 3.80. The Bertz CT molecular complexity index is 592. The van der Waals surface area contributed by atoms with Crippen LogP contribution in [0.3, 0.4) is 0 Å². The minimum Gasteiger partial charge on any atom is -0.393 e. The summed E-state index contributed by atoms with van der Waals surface area (Å²) < 4.78 is 0. The Balaban J connectivity index is 1.72. The van der Waals surface area contributed by atoms with Crippen molar-refractivity contribution in [1.82, 2.24) is 9.97 Å². The van der Waals surface area contributed by atoms with Crippen molar-refractivity contribution >= 4 is 23.0 Å². The first kappa shape index (κ1) is 13.5. The van der Waals surface area contributed by atoms with Crippen LogP contribution in [0.1, 0.15) is 0 Å². The van der Waals surface area contributed by atoms with Crippen molar-refractivity contribution in [1.29, 1.82) is 0 Å². The molecule has 1 aliphatic heterocycles. The van der Waals surface area contributed by atoms with E-state index in [1.807, 2.05) is 13.1 Å². The van der Waals surface area contributed by atoms with Crippen LogP contribution in [-0.2, 0) is 0 Å². The summed E-state index contributed by atoms with van der Waals surface area (Å²) in [6, 6.07) is 10.5. The number of aromatic nitrogens is 2. The smallest absolute Gasteiger partial charge is 0.157 e. The highest BCUT2D eigenvalue weighted by atomic mass is 15.3. The highest BCUT2D eigenvalue weighted by Crippen LogP contribution is 2.27. The lowest BCUT2D eigenvalue weighted by Gasteiger charge is -2.37. The maximum Gasteiger partial charge on any atom is 0.157 e. The summed E-state index contributed by atoms with van der Waals surface area (Å²) in [7, 11) is 1.82. The average molecular weight is 284 g/mol. The molecule has 21 heavy (non-hydrogen) atoms. The molecule has 6 nitrogen and oxygen atoms in total. The number of piperazine rings is 1. The van der Waals surface area contributed by atoms with E-state index < -0.39 is 0 Å². The van der Waals surface area contributed by atoms with Gasteiger partial charge in [0.25, 0.3) is 0 Å². The van der Waals surface area contributed by atoms with Gasteiger partial charge in [0, 0.05) is 38.9 Å². The molecule has 0 atom stereocenters. The van der Waals surface area contributed by atoms with Crippen LogP contribution in [0.4, 0.5) is 23.0 Å². The second-order valence-electron chi connectivity index (χ2n) is 5.02. The molecule has 0 saturated carbocycles. The van der Waals surface area contributed by atoms with Crippen molar-refractivity contribution in [3.8, 4) is 0 Å². The number of para-hydroxylation sites is 1. The molecular weight excluding hydrogens is 264 g/mol. The Morgan fingerprint density at radius 3 is 2.33 bits per heavy atom. The predicted octanol–water partition coefficient (Wildman–Crippen LogP) is 1.43. The number of benzene rings is 1. The van der Waals surface area contributed by atoms with Crippen LogP contribution in [0.5, 0.6) is 0 Å². The van der Waals surface area contributed by atoms with E-state index in [2.05, 4.69) is 49.4 Å². The van der Waals surface area contributed by atoms with E-state index in [4.69, 9.17) is 5.73 Å². The van der Waals surface area contributed by atoms with Gasteiger partial charge in [-0.3, -0.25) is 0 Å². The van der Waals surface area contributed by atoms with Crippen LogP contribution in [0, 0.1) is 0 Å². The SMILES string of the molecule is CNc1ncnc(N2CCN(c3ccccc3)CC2)c1N. The summed E-state index contributed by atoms with van der Waals surface area (Å²) in [5.74, 6) is 1.51. The number of nitrogens with one attached hydrogen (secondary N) is 1. The Kier molecular flexibility index (Phi) is 3.77. The van der Waals surface area contributed by atoms with E-state index >= 15 is 0 Å². The molecule has 1 aromatic carbocycles. The third-order valence-electron chi connectivity index (χ3n) is 3.80. The monoisotopic (exact) mass is 284 g/mol. The minimum atomic E-state index is 0.619. The maximum absolute atomic E-state index is 6.13. The fourth-order valence-corrected chi connectivity index (χ4v) is 2.65. The first-order valence-corrected chi connectivity index (χ1v) is 7.13. The molecule has 0 amide bonds. The van der Waals surface area contributed by atoms with Crippen molar-refractivity contribution < 1.29 is 0 Å². The van der Waals surface area contributed by atoms with Gasteiger partial charge in [-0.25, -0.2) is 9.97 Å². The van der Waals surface area contributed by atoms with Crippen molar-refractivity contribution in [2.24, 2.45) is 0 Å². The van der Waals surface area contributed by atoms with E-state index in [1.54, 1.807) is 6.33 Å². The summed E-state index contributed by atoms with van der Waals surface area (Å²) >= 11 is 0. The van der Waals surface area contributed by atoms with Gasteiger partial charge in [0.1, 0.15) is 12.0 Å². The molecular formula is C15H20N6. The lowest BCUT2D eigenvalue weighted by Crippen LogP contribution is -2.47. The van der Waals surface area contributed by atoms with Crippen LogP contribution in [0.2, 0.25) is 0 Å². The maximum atomic E-state index is 6.13. The number of hydrogen-bond donors (Lipinski definition) is 2. The van der Waals surface area contributed by atoms with E-state index in [0.717, 1.165) is 32.0 Å². The summed E-state index contributed by atoms with van der Waals surface area (Å²) in [5.41, 5.74) is 8.01. The number of nitrogens with zero attached hydrogens (tertiary/aromatic N) is 4. The van der Waals surface area contributed by atoms with Crippen LogP contribution in [0.15, 0.2) is 36.7 Å². The van der Waals surface area contributed by atoms with E-state index in [0.29, 0.717) is 11.5 Å². The lowest BCUT2D eigenvalue weighted by molar-refractivity contribution is 0.647. The van der Waals surface area contributed by atoms with Crippen molar-refractivity contribution in [3.05, 3.63) is 36.7 Å². The topological polar surface area (TPSA) is 70.3 Å². The van der Waals surface area contributed by atoms with Crippen molar-refractivity contribution in [2.75, 3.05) is 54.1 Å². The molecule has 3 rings (SSSR count). The molecule has 1 saturated heterocycles. The number of nitrogen functional groups attached to an aromatic ring is 1. The number of rotatable bonds is 3. The summed E-state index contributed by atoms with van der Waals surface area (Å²) in [6.45, 7) is 3.73. The van der Waals surface area contributed by atoms with Crippen LogP contribution in [0.25, 0.3) is 0 Å². The van der Waals surface area contributed by atoms with Crippen molar-refractivity contribution in [3.63, 3.8) is 0 Å². The Morgan fingerprint density at radius 1 is 1.00 bits per heavy atom. The molecule has 2 heterocycles.